The van der Waals surface area contributed by atoms with Crippen molar-refractivity contribution in [3.8, 4) is 11.4 Å². The molecular formula is C10H7N5. The SMILES string of the molecule is c1ccc2[nH]c(-c3cnnnn3)cc2c1. The summed E-state index contributed by atoms with van der Waals surface area (Å²) in [5.41, 5.74) is 2.67. The summed E-state index contributed by atoms with van der Waals surface area (Å²) in [5.74, 6) is 0. The minimum Gasteiger partial charge on any atom is -0.353 e. The molecule has 0 spiro atoms. The molecule has 1 aromatic carbocycles. The van der Waals surface area contributed by atoms with Gasteiger partial charge in [-0.2, -0.15) is 0 Å². The third-order valence-corrected chi connectivity index (χ3v) is 2.23. The van der Waals surface area contributed by atoms with E-state index in [1.54, 1.807) is 6.20 Å². The number of aromatic amines is 1. The third-order valence-electron chi connectivity index (χ3n) is 2.23. The molecule has 72 valence electrons. The Labute approximate surface area is 85.2 Å². The number of benzene rings is 1. The zero-order valence-corrected chi connectivity index (χ0v) is 7.75. The van der Waals surface area contributed by atoms with Gasteiger partial charge in [-0.15, -0.1) is 10.2 Å². The second-order valence-electron chi connectivity index (χ2n) is 3.18. The summed E-state index contributed by atoms with van der Waals surface area (Å²) >= 11 is 0. The van der Waals surface area contributed by atoms with Crippen LogP contribution in [-0.2, 0) is 0 Å². The van der Waals surface area contributed by atoms with Crippen molar-refractivity contribution in [2.75, 3.05) is 0 Å². The lowest BCUT2D eigenvalue weighted by Crippen LogP contribution is -1.92. The van der Waals surface area contributed by atoms with Crippen LogP contribution in [0.3, 0.4) is 0 Å². The molecule has 0 saturated carbocycles. The highest BCUT2D eigenvalue weighted by Gasteiger charge is 2.03. The first-order chi connectivity index (χ1) is 7.43. The van der Waals surface area contributed by atoms with E-state index in [4.69, 9.17) is 0 Å². The summed E-state index contributed by atoms with van der Waals surface area (Å²) in [6, 6.07) is 10.1. The van der Waals surface area contributed by atoms with Crippen LogP contribution in [0.4, 0.5) is 0 Å². The van der Waals surface area contributed by atoms with E-state index in [0.29, 0.717) is 5.69 Å². The van der Waals surface area contributed by atoms with Gasteiger partial charge in [0, 0.05) is 10.9 Å². The van der Waals surface area contributed by atoms with Crippen LogP contribution < -0.4 is 0 Å². The van der Waals surface area contributed by atoms with Crippen LogP contribution >= 0.6 is 0 Å². The maximum Gasteiger partial charge on any atom is 0.131 e. The van der Waals surface area contributed by atoms with Crippen LogP contribution in [0, 0.1) is 0 Å². The number of rotatable bonds is 1. The second-order valence-corrected chi connectivity index (χ2v) is 3.18. The smallest absolute Gasteiger partial charge is 0.131 e. The lowest BCUT2D eigenvalue weighted by Gasteiger charge is -1.90. The molecule has 2 heterocycles. The Kier molecular flexibility index (Phi) is 1.68. The minimum absolute atomic E-state index is 0.696. The Hall–Kier alpha value is -2.30. The summed E-state index contributed by atoms with van der Waals surface area (Å²) in [6.07, 6.45) is 1.58. The van der Waals surface area contributed by atoms with Gasteiger partial charge in [-0.1, -0.05) is 18.2 Å². The summed E-state index contributed by atoms with van der Waals surface area (Å²) in [6.45, 7) is 0. The molecule has 0 radical (unpaired) electrons. The quantitative estimate of drug-likeness (QED) is 0.640. The molecule has 3 aromatic rings. The average molecular weight is 197 g/mol. The van der Waals surface area contributed by atoms with Crippen molar-refractivity contribution in [1.82, 2.24) is 25.6 Å². The van der Waals surface area contributed by atoms with E-state index in [1.807, 2.05) is 30.3 Å². The lowest BCUT2D eigenvalue weighted by atomic mass is 10.2. The van der Waals surface area contributed by atoms with E-state index in [0.717, 1.165) is 16.6 Å². The van der Waals surface area contributed by atoms with Crippen molar-refractivity contribution in [3.63, 3.8) is 0 Å². The van der Waals surface area contributed by atoms with Gasteiger partial charge in [0.1, 0.15) is 5.69 Å². The highest BCUT2D eigenvalue weighted by Crippen LogP contribution is 2.20. The Morgan fingerprint density at radius 2 is 2.00 bits per heavy atom. The molecule has 0 atom stereocenters. The van der Waals surface area contributed by atoms with E-state index in [-0.39, 0.29) is 0 Å². The monoisotopic (exact) mass is 197 g/mol. The minimum atomic E-state index is 0.696. The Balaban J connectivity index is 2.21. The second kappa shape index (κ2) is 3.13. The van der Waals surface area contributed by atoms with Gasteiger partial charge in [0.15, 0.2) is 0 Å². The number of nitrogens with zero attached hydrogens (tertiary/aromatic N) is 4. The zero-order valence-electron chi connectivity index (χ0n) is 7.75. The molecule has 2 aromatic heterocycles. The number of nitrogens with one attached hydrogen (secondary N) is 1. The molecule has 0 fully saturated rings. The zero-order chi connectivity index (χ0) is 10.1. The van der Waals surface area contributed by atoms with Crippen molar-refractivity contribution in [3.05, 3.63) is 36.5 Å². The van der Waals surface area contributed by atoms with Crippen LogP contribution in [0.2, 0.25) is 0 Å². The molecule has 0 aliphatic rings. The van der Waals surface area contributed by atoms with Crippen molar-refractivity contribution in [2.24, 2.45) is 0 Å². The van der Waals surface area contributed by atoms with Gasteiger partial charge in [0.25, 0.3) is 0 Å². The number of aromatic nitrogens is 5. The standard InChI is InChI=1S/C10H7N5/c1-2-4-8-7(3-1)5-9(12-8)10-6-11-14-15-13-10/h1-6,12H. The topological polar surface area (TPSA) is 67.3 Å². The fourth-order valence-corrected chi connectivity index (χ4v) is 1.53. The predicted molar refractivity (Wildman–Crippen MR) is 54.9 cm³/mol. The lowest BCUT2D eigenvalue weighted by molar-refractivity contribution is 0.765. The molecule has 5 nitrogen and oxygen atoms in total. The van der Waals surface area contributed by atoms with Gasteiger partial charge in [-0.25, -0.2) is 0 Å². The molecule has 3 rings (SSSR count). The van der Waals surface area contributed by atoms with Gasteiger partial charge < -0.3 is 4.98 Å². The third kappa shape index (κ3) is 1.34. The fourth-order valence-electron chi connectivity index (χ4n) is 1.53. The van der Waals surface area contributed by atoms with Gasteiger partial charge in [0.05, 0.1) is 11.9 Å². The molecule has 0 amide bonds. The van der Waals surface area contributed by atoms with E-state index in [9.17, 15) is 0 Å². The summed E-state index contributed by atoms with van der Waals surface area (Å²) in [7, 11) is 0. The fraction of sp³-hybridized carbons (Fsp3) is 0. The van der Waals surface area contributed by atoms with Crippen molar-refractivity contribution >= 4 is 10.9 Å². The molecule has 0 saturated heterocycles. The molecule has 1 N–H and O–H groups in total. The molecule has 0 aliphatic heterocycles. The number of fused-ring (bicyclic) bond motifs is 1. The number of para-hydroxylation sites is 1. The van der Waals surface area contributed by atoms with E-state index >= 15 is 0 Å². The van der Waals surface area contributed by atoms with Crippen molar-refractivity contribution < 1.29 is 0 Å². The number of H-pyrrole nitrogens is 1. The van der Waals surface area contributed by atoms with Gasteiger partial charge in [0.2, 0.25) is 0 Å². The highest BCUT2D eigenvalue weighted by atomic mass is 15.4. The maximum atomic E-state index is 3.89. The van der Waals surface area contributed by atoms with Crippen LogP contribution in [0.25, 0.3) is 22.3 Å². The molecule has 0 bridgehead atoms. The van der Waals surface area contributed by atoms with Crippen molar-refractivity contribution in [2.45, 2.75) is 0 Å². The molecule has 0 aliphatic carbocycles. The van der Waals surface area contributed by atoms with Gasteiger partial charge in [-0.05, 0) is 22.6 Å². The summed E-state index contributed by atoms with van der Waals surface area (Å²) in [5, 5.41) is 15.6. The summed E-state index contributed by atoms with van der Waals surface area (Å²) < 4.78 is 0. The summed E-state index contributed by atoms with van der Waals surface area (Å²) in [4.78, 5) is 3.24. The largest absolute Gasteiger partial charge is 0.353 e. The van der Waals surface area contributed by atoms with E-state index in [1.165, 1.54) is 0 Å². The van der Waals surface area contributed by atoms with Crippen LogP contribution in [0.15, 0.2) is 36.5 Å². The molecule has 15 heavy (non-hydrogen) atoms. The average Bonchev–Trinajstić information content (AvgIpc) is 2.74. The molecular weight excluding hydrogens is 190 g/mol. The van der Waals surface area contributed by atoms with Gasteiger partial charge >= 0.3 is 0 Å². The predicted octanol–water partition coefficient (Wildman–Crippen LogP) is 1.41. The number of hydrogen-bond acceptors (Lipinski definition) is 4. The van der Waals surface area contributed by atoms with Crippen LogP contribution in [0.5, 0.6) is 0 Å². The maximum absolute atomic E-state index is 3.89. The normalized spacial score (nSPS) is 10.7. The van der Waals surface area contributed by atoms with E-state index < -0.39 is 0 Å². The van der Waals surface area contributed by atoms with Crippen molar-refractivity contribution in [1.29, 1.82) is 0 Å². The molecule has 5 heteroatoms. The highest BCUT2D eigenvalue weighted by molar-refractivity contribution is 5.84. The van der Waals surface area contributed by atoms with Crippen LogP contribution in [-0.4, -0.2) is 25.6 Å². The first-order valence-electron chi connectivity index (χ1n) is 4.53. The van der Waals surface area contributed by atoms with Crippen LogP contribution in [0.1, 0.15) is 0 Å². The first kappa shape index (κ1) is 8.05. The molecule has 0 unspecified atom stereocenters. The van der Waals surface area contributed by atoms with Gasteiger partial charge in [-0.3, -0.25) is 0 Å². The van der Waals surface area contributed by atoms with E-state index in [2.05, 4.69) is 25.6 Å². The Morgan fingerprint density at radius 3 is 2.80 bits per heavy atom. The first-order valence-corrected chi connectivity index (χ1v) is 4.53. The Bertz CT molecular complexity index is 554. The Morgan fingerprint density at radius 1 is 1.07 bits per heavy atom. The number of hydrogen-bond donors (Lipinski definition) is 1.